The number of halogens is 1. The third kappa shape index (κ3) is 6.21. The Balaban J connectivity index is 2.20. The zero-order valence-electron chi connectivity index (χ0n) is 10.1. The molecule has 0 saturated heterocycles. The second kappa shape index (κ2) is 7.75. The third-order valence-corrected chi connectivity index (χ3v) is 3.24. The highest BCUT2D eigenvalue weighted by Gasteiger charge is 2.11. The van der Waals surface area contributed by atoms with E-state index in [1.54, 1.807) is 12.1 Å². The van der Waals surface area contributed by atoms with E-state index in [2.05, 4.69) is 5.32 Å². The Kier molecular flexibility index (Phi) is 6.31. The molecule has 0 heterocycles. The molecule has 0 bridgehead atoms. The van der Waals surface area contributed by atoms with Gasteiger partial charge in [0, 0.05) is 5.75 Å². The lowest BCUT2D eigenvalue weighted by atomic mass is 10.2. The summed E-state index contributed by atoms with van der Waals surface area (Å²) >= 11 is 1.35. The molecule has 5 nitrogen and oxygen atoms in total. The van der Waals surface area contributed by atoms with Crippen LogP contribution < -0.4 is 11.1 Å². The minimum Gasteiger partial charge on any atom is -0.381 e. The molecule has 0 radical (unpaired) electrons. The van der Waals surface area contributed by atoms with Crippen molar-refractivity contribution in [2.75, 3.05) is 12.3 Å². The van der Waals surface area contributed by atoms with Crippen LogP contribution >= 0.6 is 11.8 Å². The number of carbonyl (C=O) groups is 2. The lowest BCUT2D eigenvalue weighted by Gasteiger charge is -2.08. The van der Waals surface area contributed by atoms with Gasteiger partial charge in [-0.1, -0.05) is 12.1 Å². The number of nitrogens with one attached hydrogen (secondary N) is 1. The van der Waals surface area contributed by atoms with Crippen molar-refractivity contribution in [1.29, 1.82) is 0 Å². The van der Waals surface area contributed by atoms with E-state index in [1.807, 2.05) is 0 Å². The van der Waals surface area contributed by atoms with Gasteiger partial charge in [0.2, 0.25) is 11.8 Å². The quantitative estimate of drug-likeness (QED) is 0.659. The van der Waals surface area contributed by atoms with Crippen LogP contribution in [0.15, 0.2) is 24.3 Å². The lowest BCUT2D eigenvalue weighted by Crippen LogP contribution is -2.40. The number of thioether (sulfide) groups is 1. The van der Waals surface area contributed by atoms with E-state index in [0.717, 1.165) is 5.56 Å². The summed E-state index contributed by atoms with van der Waals surface area (Å²) in [5.74, 6) is -0.715. The van der Waals surface area contributed by atoms with Crippen molar-refractivity contribution >= 4 is 23.6 Å². The Morgan fingerprint density at radius 2 is 2.00 bits per heavy atom. The monoisotopic (exact) mass is 286 g/mol. The molecule has 104 valence electrons. The van der Waals surface area contributed by atoms with Crippen LogP contribution in [0.4, 0.5) is 4.39 Å². The van der Waals surface area contributed by atoms with E-state index in [4.69, 9.17) is 10.8 Å². The molecule has 0 aromatic heterocycles. The average Bonchev–Trinajstić information content (AvgIpc) is 2.38. The van der Waals surface area contributed by atoms with Gasteiger partial charge >= 0.3 is 0 Å². The molecule has 1 rings (SSSR count). The first kappa shape index (κ1) is 15.5. The van der Waals surface area contributed by atoms with Crippen LogP contribution in [-0.4, -0.2) is 35.3 Å². The normalized spacial score (nSPS) is 11.9. The SMILES string of the molecule is NC(=O)C(O)CNC(=O)CSCc1ccc(F)cc1. The maximum atomic E-state index is 12.6. The number of aliphatic hydroxyl groups excluding tert-OH is 1. The van der Waals surface area contributed by atoms with Gasteiger partial charge in [-0.05, 0) is 17.7 Å². The number of carbonyl (C=O) groups excluding carboxylic acids is 2. The van der Waals surface area contributed by atoms with Crippen molar-refractivity contribution in [1.82, 2.24) is 5.32 Å². The molecule has 0 fully saturated rings. The van der Waals surface area contributed by atoms with Gasteiger partial charge in [-0.25, -0.2) is 4.39 Å². The van der Waals surface area contributed by atoms with Crippen molar-refractivity contribution in [3.8, 4) is 0 Å². The fraction of sp³-hybridized carbons (Fsp3) is 0.333. The Labute approximate surface area is 114 Å². The van der Waals surface area contributed by atoms with Crippen LogP contribution in [0.2, 0.25) is 0 Å². The first-order valence-corrected chi connectivity index (χ1v) is 6.71. The van der Waals surface area contributed by atoms with Crippen LogP contribution in [0.3, 0.4) is 0 Å². The van der Waals surface area contributed by atoms with Gasteiger partial charge in [-0.3, -0.25) is 9.59 Å². The molecule has 0 aliphatic carbocycles. The highest BCUT2D eigenvalue weighted by atomic mass is 32.2. The molecule has 1 aromatic carbocycles. The topological polar surface area (TPSA) is 92.4 Å². The van der Waals surface area contributed by atoms with Crippen LogP contribution in [0.5, 0.6) is 0 Å². The van der Waals surface area contributed by atoms with Crippen LogP contribution in [-0.2, 0) is 15.3 Å². The molecule has 19 heavy (non-hydrogen) atoms. The number of hydrogen-bond acceptors (Lipinski definition) is 4. The van der Waals surface area contributed by atoms with Gasteiger partial charge in [0.25, 0.3) is 0 Å². The predicted molar refractivity (Wildman–Crippen MR) is 70.8 cm³/mol. The van der Waals surface area contributed by atoms with E-state index in [1.165, 1.54) is 23.9 Å². The van der Waals surface area contributed by atoms with Crippen molar-refractivity contribution < 1.29 is 19.1 Å². The van der Waals surface area contributed by atoms with Crippen molar-refractivity contribution in [2.45, 2.75) is 11.9 Å². The number of nitrogens with two attached hydrogens (primary N) is 1. The predicted octanol–water partition coefficient (Wildman–Crippen LogP) is 0.0213. The van der Waals surface area contributed by atoms with E-state index >= 15 is 0 Å². The molecule has 1 aromatic rings. The maximum absolute atomic E-state index is 12.6. The zero-order valence-corrected chi connectivity index (χ0v) is 11.0. The molecule has 2 amide bonds. The number of hydrogen-bond donors (Lipinski definition) is 3. The second-order valence-corrected chi connectivity index (χ2v) is 4.83. The molecule has 0 spiro atoms. The van der Waals surface area contributed by atoms with Crippen LogP contribution in [0.1, 0.15) is 5.56 Å². The fourth-order valence-corrected chi connectivity index (χ4v) is 2.02. The molecule has 4 N–H and O–H groups in total. The Bertz CT molecular complexity index is 439. The van der Waals surface area contributed by atoms with Crippen LogP contribution in [0.25, 0.3) is 0 Å². The molecule has 1 atom stereocenters. The van der Waals surface area contributed by atoms with Gasteiger partial charge in [0.1, 0.15) is 11.9 Å². The summed E-state index contributed by atoms with van der Waals surface area (Å²) in [5, 5.41) is 11.5. The molecule has 0 aliphatic rings. The van der Waals surface area contributed by atoms with Crippen LogP contribution in [0, 0.1) is 5.82 Å². The Hall–Kier alpha value is -1.60. The molecular formula is C12H15FN2O3S. The van der Waals surface area contributed by atoms with Gasteiger partial charge in [0.05, 0.1) is 12.3 Å². The second-order valence-electron chi connectivity index (χ2n) is 3.84. The summed E-state index contributed by atoms with van der Waals surface area (Å²) in [6, 6.07) is 6.02. The summed E-state index contributed by atoms with van der Waals surface area (Å²) in [6.45, 7) is -0.189. The standard InChI is InChI=1S/C12H15FN2O3S/c13-9-3-1-8(2-4-9)6-19-7-11(17)15-5-10(16)12(14)18/h1-4,10,16H,5-7H2,(H2,14,18)(H,15,17). The largest absolute Gasteiger partial charge is 0.381 e. The third-order valence-electron chi connectivity index (χ3n) is 2.24. The highest BCUT2D eigenvalue weighted by Crippen LogP contribution is 2.12. The maximum Gasteiger partial charge on any atom is 0.248 e. The molecule has 7 heteroatoms. The first-order chi connectivity index (χ1) is 8.99. The number of aliphatic hydroxyl groups is 1. The minimum absolute atomic E-state index is 0.183. The summed E-state index contributed by atoms with van der Waals surface area (Å²) in [5.41, 5.74) is 5.75. The summed E-state index contributed by atoms with van der Waals surface area (Å²) in [7, 11) is 0. The summed E-state index contributed by atoms with van der Waals surface area (Å²) < 4.78 is 12.6. The molecule has 1 unspecified atom stereocenters. The average molecular weight is 286 g/mol. The molecular weight excluding hydrogens is 271 g/mol. The van der Waals surface area contributed by atoms with Crippen molar-refractivity contribution in [2.24, 2.45) is 5.73 Å². The fourth-order valence-electron chi connectivity index (χ4n) is 1.20. The van der Waals surface area contributed by atoms with Gasteiger partial charge in [-0.15, -0.1) is 11.8 Å². The minimum atomic E-state index is -1.37. The van der Waals surface area contributed by atoms with Crippen molar-refractivity contribution in [3.63, 3.8) is 0 Å². The van der Waals surface area contributed by atoms with E-state index in [-0.39, 0.29) is 24.0 Å². The summed E-state index contributed by atoms with van der Waals surface area (Å²) in [4.78, 5) is 21.9. The zero-order chi connectivity index (χ0) is 14.3. The van der Waals surface area contributed by atoms with Gasteiger partial charge < -0.3 is 16.2 Å². The Morgan fingerprint density at radius 1 is 1.37 bits per heavy atom. The smallest absolute Gasteiger partial charge is 0.248 e. The number of amides is 2. The Morgan fingerprint density at radius 3 is 2.58 bits per heavy atom. The number of benzene rings is 1. The molecule has 0 saturated carbocycles. The first-order valence-electron chi connectivity index (χ1n) is 5.55. The van der Waals surface area contributed by atoms with E-state index in [0.29, 0.717) is 5.75 Å². The summed E-state index contributed by atoms with van der Waals surface area (Å²) in [6.07, 6.45) is -1.37. The van der Waals surface area contributed by atoms with Gasteiger partial charge in [-0.2, -0.15) is 0 Å². The molecule has 0 aliphatic heterocycles. The van der Waals surface area contributed by atoms with Crippen molar-refractivity contribution in [3.05, 3.63) is 35.6 Å². The van der Waals surface area contributed by atoms with E-state index < -0.39 is 12.0 Å². The number of rotatable bonds is 7. The highest BCUT2D eigenvalue weighted by molar-refractivity contribution is 7.99. The van der Waals surface area contributed by atoms with Gasteiger partial charge in [0.15, 0.2) is 0 Å². The number of primary amides is 1. The van der Waals surface area contributed by atoms with E-state index in [9.17, 15) is 14.0 Å². The lowest BCUT2D eigenvalue weighted by molar-refractivity contribution is -0.126.